The fraction of sp³-hybridized carbons (Fsp3) is 0.286. The van der Waals surface area contributed by atoms with E-state index in [0.717, 1.165) is 23.1 Å². The Balaban J connectivity index is 0.00000109. The summed E-state index contributed by atoms with van der Waals surface area (Å²) in [5.74, 6) is 0.310. The molecule has 0 aliphatic rings. The summed E-state index contributed by atoms with van der Waals surface area (Å²) in [6, 6.07) is 18.3. The number of rotatable bonds is 5. The summed E-state index contributed by atoms with van der Waals surface area (Å²) < 4.78 is 12.5. The highest BCUT2D eigenvalue weighted by molar-refractivity contribution is 5.88. The fourth-order valence-electron chi connectivity index (χ4n) is 2.69. The molecule has 0 aliphatic carbocycles. The third kappa shape index (κ3) is 4.41. The number of aromatic nitrogens is 1. The van der Waals surface area contributed by atoms with Crippen LogP contribution in [-0.2, 0) is 16.1 Å². The van der Waals surface area contributed by atoms with E-state index in [0.29, 0.717) is 5.75 Å². The third-order valence-electron chi connectivity index (χ3n) is 3.87. The van der Waals surface area contributed by atoms with Crippen molar-refractivity contribution in [2.45, 2.75) is 27.3 Å². The number of ether oxygens (including phenoxy) is 2. The van der Waals surface area contributed by atoms with Crippen molar-refractivity contribution in [3.63, 3.8) is 0 Å². The number of hydrogen-bond acceptors (Lipinski definition) is 3. The molecular weight excluding hydrogens is 314 g/mol. The number of carbonyl (C=O) groups is 1. The minimum absolute atomic E-state index is 0.0848. The van der Waals surface area contributed by atoms with Crippen LogP contribution in [0.5, 0.6) is 5.75 Å². The number of hydrogen-bond donors (Lipinski definition) is 0. The van der Waals surface area contributed by atoms with Gasteiger partial charge in [0.2, 0.25) is 0 Å². The van der Waals surface area contributed by atoms with Gasteiger partial charge in [-0.1, -0.05) is 50.2 Å². The summed E-state index contributed by atoms with van der Waals surface area (Å²) in [6.45, 7) is 6.79. The molecule has 3 aromatic rings. The topological polar surface area (TPSA) is 40.5 Å². The number of fused-ring (bicyclic) bond motifs is 1. The Morgan fingerprint density at radius 1 is 1.04 bits per heavy atom. The maximum Gasteiger partial charge on any atom is 0.343 e. The minimum Gasteiger partial charge on any atom is -0.481 e. The highest BCUT2D eigenvalue weighted by Gasteiger charge is 2.11. The lowest BCUT2D eigenvalue weighted by atomic mass is 10.2. The van der Waals surface area contributed by atoms with Gasteiger partial charge >= 0.3 is 5.97 Å². The highest BCUT2D eigenvalue weighted by Crippen LogP contribution is 2.29. The van der Waals surface area contributed by atoms with Gasteiger partial charge in [-0.2, -0.15) is 0 Å². The monoisotopic (exact) mass is 339 g/mol. The Kier molecular flexibility index (Phi) is 6.63. The Bertz CT molecular complexity index is 822. The van der Waals surface area contributed by atoms with Crippen LogP contribution in [0.2, 0.25) is 0 Å². The van der Waals surface area contributed by atoms with Crippen molar-refractivity contribution in [2.24, 2.45) is 0 Å². The predicted octanol–water partition coefficient (Wildman–Crippen LogP) is 4.58. The van der Waals surface area contributed by atoms with E-state index in [1.807, 2.05) is 44.2 Å². The first-order chi connectivity index (χ1) is 12.2. The summed E-state index contributed by atoms with van der Waals surface area (Å²) in [5.41, 5.74) is 3.49. The van der Waals surface area contributed by atoms with Gasteiger partial charge in [-0.3, -0.25) is 0 Å². The van der Waals surface area contributed by atoms with Crippen molar-refractivity contribution in [3.05, 3.63) is 65.9 Å². The molecular formula is C21H25NO3. The highest BCUT2D eigenvalue weighted by atomic mass is 16.6. The van der Waals surface area contributed by atoms with Gasteiger partial charge in [0.15, 0.2) is 6.61 Å². The second-order valence-corrected chi connectivity index (χ2v) is 5.41. The molecule has 0 fully saturated rings. The molecule has 1 heterocycles. The molecule has 0 amide bonds. The summed E-state index contributed by atoms with van der Waals surface area (Å²) in [6.07, 6.45) is 0. The quantitative estimate of drug-likeness (QED) is 0.639. The molecule has 3 rings (SSSR count). The minimum atomic E-state index is -0.387. The largest absolute Gasteiger partial charge is 0.481 e. The first-order valence-corrected chi connectivity index (χ1v) is 8.51. The molecule has 4 nitrogen and oxygen atoms in total. The Labute approximate surface area is 149 Å². The van der Waals surface area contributed by atoms with Gasteiger partial charge in [0.25, 0.3) is 0 Å². The average Bonchev–Trinajstić information content (AvgIpc) is 2.98. The zero-order valence-electron chi connectivity index (χ0n) is 15.3. The van der Waals surface area contributed by atoms with Gasteiger partial charge in [-0.05, 0) is 30.7 Å². The van der Waals surface area contributed by atoms with Crippen molar-refractivity contribution in [1.82, 2.24) is 4.57 Å². The number of nitrogens with zero attached hydrogens (tertiary/aromatic N) is 1. The summed E-state index contributed by atoms with van der Waals surface area (Å²) in [4.78, 5) is 11.3. The first kappa shape index (κ1) is 18.6. The number of esters is 1. The van der Waals surface area contributed by atoms with Crippen molar-refractivity contribution < 1.29 is 14.3 Å². The lowest BCUT2D eigenvalue weighted by molar-refractivity contribution is -0.142. The molecule has 2 aromatic carbocycles. The Hall–Kier alpha value is -2.75. The van der Waals surface area contributed by atoms with Crippen LogP contribution in [0.1, 0.15) is 25.1 Å². The van der Waals surface area contributed by atoms with Crippen molar-refractivity contribution in [2.75, 3.05) is 13.7 Å². The molecule has 0 N–H and O–H groups in total. The van der Waals surface area contributed by atoms with Gasteiger partial charge in [0.05, 0.1) is 12.6 Å². The molecule has 0 spiro atoms. The summed E-state index contributed by atoms with van der Waals surface area (Å²) in [5, 5.41) is 1.00. The summed E-state index contributed by atoms with van der Waals surface area (Å²) in [7, 11) is 1.35. The molecule has 0 unspecified atom stereocenters. The maximum absolute atomic E-state index is 11.3. The van der Waals surface area contributed by atoms with Crippen LogP contribution in [0, 0.1) is 6.92 Å². The molecule has 0 radical (unpaired) electrons. The van der Waals surface area contributed by atoms with Crippen LogP contribution in [-0.4, -0.2) is 24.3 Å². The van der Waals surface area contributed by atoms with E-state index in [9.17, 15) is 4.79 Å². The molecule has 25 heavy (non-hydrogen) atoms. The van der Waals surface area contributed by atoms with Gasteiger partial charge in [-0.25, -0.2) is 4.79 Å². The predicted molar refractivity (Wildman–Crippen MR) is 101 cm³/mol. The maximum atomic E-state index is 11.3. The normalized spacial score (nSPS) is 10.1. The lowest BCUT2D eigenvalue weighted by Crippen LogP contribution is -2.12. The van der Waals surface area contributed by atoms with E-state index < -0.39 is 0 Å². The standard InChI is InChI=1S/C19H19NO3.C2H6/c1-14-11-16-17(20(14)12-15-7-4-3-5-8-15)9-6-10-18(16)23-13-19(21)22-2;1-2/h3-11H,12-13H2,1-2H3;1-2H3. The first-order valence-electron chi connectivity index (χ1n) is 8.51. The SMILES string of the molecule is CC.COC(=O)COc1cccc2c1cc(C)n2Cc1ccccc1. The van der Waals surface area contributed by atoms with Gasteiger partial charge < -0.3 is 14.0 Å². The molecule has 132 valence electrons. The van der Waals surface area contributed by atoms with Gasteiger partial charge in [0, 0.05) is 17.6 Å². The number of methoxy groups -OCH3 is 1. The van der Waals surface area contributed by atoms with E-state index in [4.69, 9.17) is 4.74 Å². The zero-order valence-corrected chi connectivity index (χ0v) is 15.3. The molecule has 0 bridgehead atoms. The number of benzene rings is 2. The zero-order chi connectivity index (χ0) is 18.2. The van der Waals surface area contributed by atoms with Crippen LogP contribution >= 0.6 is 0 Å². The van der Waals surface area contributed by atoms with E-state index in [1.54, 1.807) is 0 Å². The van der Waals surface area contributed by atoms with Crippen LogP contribution in [0.15, 0.2) is 54.6 Å². The Morgan fingerprint density at radius 2 is 1.76 bits per heavy atom. The molecule has 0 saturated heterocycles. The smallest absolute Gasteiger partial charge is 0.343 e. The van der Waals surface area contributed by atoms with Crippen molar-refractivity contribution >= 4 is 16.9 Å². The van der Waals surface area contributed by atoms with Crippen molar-refractivity contribution in [3.8, 4) is 5.75 Å². The number of carbonyl (C=O) groups excluding carboxylic acids is 1. The van der Waals surface area contributed by atoms with Gasteiger partial charge in [0.1, 0.15) is 5.75 Å². The number of aryl methyl sites for hydroxylation is 1. The second kappa shape index (κ2) is 8.92. The molecule has 1 aromatic heterocycles. The summed E-state index contributed by atoms with van der Waals surface area (Å²) >= 11 is 0. The van der Waals surface area contributed by atoms with E-state index in [2.05, 4.69) is 40.5 Å². The van der Waals surface area contributed by atoms with Crippen LogP contribution in [0.25, 0.3) is 10.9 Å². The lowest BCUT2D eigenvalue weighted by Gasteiger charge is -2.10. The molecule has 0 aliphatic heterocycles. The van der Waals surface area contributed by atoms with E-state index >= 15 is 0 Å². The second-order valence-electron chi connectivity index (χ2n) is 5.41. The Morgan fingerprint density at radius 3 is 2.44 bits per heavy atom. The fourth-order valence-corrected chi connectivity index (χ4v) is 2.69. The van der Waals surface area contributed by atoms with E-state index in [1.165, 1.54) is 12.7 Å². The average molecular weight is 339 g/mol. The van der Waals surface area contributed by atoms with Gasteiger partial charge in [-0.15, -0.1) is 0 Å². The molecule has 4 heteroatoms. The molecule has 0 atom stereocenters. The van der Waals surface area contributed by atoms with Crippen LogP contribution in [0.4, 0.5) is 0 Å². The molecule has 0 saturated carbocycles. The van der Waals surface area contributed by atoms with Crippen LogP contribution < -0.4 is 4.74 Å². The van der Waals surface area contributed by atoms with E-state index in [-0.39, 0.29) is 12.6 Å². The van der Waals surface area contributed by atoms with Crippen LogP contribution in [0.3, 0.4) is 0 Å². The third-order valence-corrected chi connectivity index (χ3v) is 3.87. The van der Waals surface area contributed by atoms with Crippen molar-refractivity contribution in [1.29, 1.82) is 0 Å².